The van der Waals surface area contributed by atoms with E-state index < -0.39 is 138 Å². The van der Waals surface area contributed by atoms with Gasteiger partial charge in [0.2, 0.25) is 23.7 Å². The summed E-state index contributed by atoms with van der Waals surface area (Å²) in [6.45, 7) is 2.91. The third kappa shape index (κ3) is 10.1. The number of carbonyl (C=O) groups is 2. The van der Waals surface area contributed by atoms with Gasteiger partial charge in [-0.15, -0.1) is 0 Å². The minimum atomic E-state index is -5.21. The second-order valence-electron chi connectivity index (χ2n) is 14.8. The smallest absolute Gasteiger partial charge is 0.394 e. The number of aromatic nitrogens is 8. The molecule has 0 radical (unpaired) electrons. The van der Waals surface area contributed by atoms with Crippen LogP contribution in [0.1, 0.15) is 53.0 Å². The second-order valence-corrected chi connectivity index (χ2v) is 18.4. The number of imidazole rings is 2. The van der Waals surface area contributed by atoms with Crippen LogP contribution in [0.4, 0.5) is 20.7 Å². The van der Waals surface area contributed by atoms with Crippen molar-refractivity contribution < 1.29 is 65.1 Å². The summed E-state index contributed by atoms with van der Waals surface area (Å²) in [5, 5.41) is 33.2. The summed E-state index contributed by atoms with van der Waals surface area (Å²) in [6, 6.07) is 3.44. The molecule has 6 unspecified atom stereocenters. The number of carbonyl (C=O) groups excluding carboxylic acids is 2. The van der Waals surface area contributed by atoms with E-state index in [4.69, 9.17) is 38.1 Å². The molecule has 0 saturated carbocycles. The number of aromatic amines is 2. The molecule has 2 fully saturated rings. The monoisotopic (exact) mass is 942 g/mol. The molecule has 2 saturated heterocycles. The van der Waals surface area contributed by atoms with Crippen LogP contribution in [0, 0.1) is 34.5 Å². The predicted molar refractivity (Wildman–Crippen MR) is 212 cm³/mol. The van der Waals surface area contributed by atoms with Crippen LogP contribution < -0.4 is 21.8 Å². The van der Waals surface area contributed by atoms with Gasteiger partial charge in [0.1, 0.15) is 24.0 Å². The Hall–Kier alpha value is -5.38. The van der Waals surface area contributed by atoms with Gasteiger partial charge in [0.25, 0.3) is 11.1 Å². The van der Waals surface area contributed by atoms with E-state index in [1.165, 1.54) is 0 Å². The second kappa shape index (κ2) is 19.8. The van der Waals surface area contributed by atoms with Gasteiger partial charge in [0.05, 0.1) is 64.1 Å². The largest absolute Gasteiger partial charge is 0.475 e. The summed E-state index contributed by atoms with van der Waals surface area (Å²) in [5.74, 6) is -2.76. The summed E-state index contributed by atoms with van der Waals surface area (Å²) < 4.78 is 96.1. The van der Waals surface area contributed by atoms with Crippen molar-refractivity contribution in [3.63, 3.8) is 0 Å². The highest BCUT2D eigenvalue weighted by molar-refractivity contribution is 7.53. The third-order valence-electron chi connectivity index (χ3n) is 9.66. The fourth-order valence-corrected chi connectivity index (χ4v) is 9.43. The van der Waals surface area contributed by atoms with Crippen LogP contribution in [-0.2, 0) is 46.3 Å². The van der Waals surface area contributed by atoms with E-state index in [-0.39, 0.29) is 34.2 Å². The number of H-pyrrole nitrogens is 2. The summed E-state index contributed by atoms with van der Waals surface area (Å²) in [6.07, 6.45) is -13.1. The molecule has 0 aromatic carbocycles. The normalized spacial score (nSPS) is 25.3. The lowest BCUT2D eigenvalue weighted by molar-refractivity contribution is -0.119. The SMILES string of the molecule is CC(C)C(=O)Nc1nc2c(ncn2C2OC(CO)[C@@H](OP(=O)(OCCC#N)OCC3OC(n4cnc5c(=O)[nH]c(NC(=O)C(C)C)nc54)[C@H](F)[C@@H]3P(=O)(O)OCCC#N)[C@H]2F)c(=O)[nH]1. The number of nitrogens with zero attached hydrogens (tertiary/aromatic N) is 8. The van der Waals surface area contributed by atoms with Crippen LogP contribution in [0.15, 0.2) is 22.2 Å². The van der Waals surface area contributed by atoms with Crippen molar-refractivity contribution in [2.24, 2.45) is 11.8 Å². The molecule has 346 valence electrons. The Morgan fingerprint density at radius 1 is 0.844 bits per heavy atom. The van der Waals surface area contributed by atoms with E-state index in [2.05, 4.69) is 40.5 Å². The first-order chi connectivity index (χ1) is 30.3. The average molecular weight is 943 g/mol. The Labute approximate surface area is 359 Å². The topological polar surface area (TPSA) is 363 Å². The van der Waals surface area contributed by atoms with Crippen LogP contribution >= 0.6 is 15.4 Å². The number of aliphatic hydroxyl groups is 1. The molecule has 2 aliphatic rings. The molecule has 30 heteroatoms. The highest BCUT2D eigenvalue weighted by Gasteiger charge is 2.57. The van der Waals surface area contributed by atoms with E-state index >= 15 is 8.78 Å². The van der Waals surface area contributed by atoms with Crippen LogP contribution in [0.3, 0.4) is 0 Å². The summed E-state index contributed by atoms with van der Waals surface area (Å²) in [7, 11) is -10.4. The molecule has 0 bridgehead atoms. The van der Waals surface area contributed by atoms with Gasteiger partial charge < -0.3 is 24.0 Å². The summed E-state index contributed by atoms with van der Waals surface area (Å²) in [4.78, 5) is 82.3. The number of phosphoric ester groups is 1. The number of ether oxygens (including phenoxy) is 2. The molecule has 6 N–H and O–H groups in total. The number of hydrogen-bond donors (Lipinski definition) is 6. The van der Waals surface area contributed by atoms with Crippen molar-refractivity contribution in [1.29, 1.82) is 10.5 Å². The minimum absolute atomic E-state index is 0.273. The lowest BCUT2D eigenvalue weighted by Crippen LogP contribution is -2.35. The Kier molecular flexibility index (Phi) is 14.9. The summed E-state index contributed by atoms with van der Waals surface area (Å²) >= 11 is 0. The zero-order chi connectivity index (χ0) is 46.7. The zero-order valence-electron chi connectivity index (χ0n) is 34.2. The highest BCUT2D eigenvalue weighted by Crippen LogP contribution is 2.59. The first kappa shape index (κ1) is 48.1. The maximum absolute atomic E-state index is 16.7. The Morgan fingerprint density at radius 2 is 1.33 bits per heavy atom. The van der Waals surface area contributed by atoms with Crippen molar-refractivity contribution in [2.45, 2.75) is 89.3 Å². The van der Waals surface area contributed by atoms with E-state index in [0.717, 1.165) is 21.8 Å². The van der Waals surface area contributed by atoms with Crippen molar-refractivity contribution in [3.8, 4) is 12.1 Å². The number of amides is 2. The average Bonchev–Trinajstić information content (AvgIpc) is 4.01. The van der Waals surface area contributed by atoms with E-state index in [1.54, 1.807) is 39.8 Å². The molecule has 4 aromatic heterocycles. The first-order valence-corrected chi connectivity index (χ1v) is 22.5. The van der Waals surface area contributed by atoms with Crippen molar-refractivity contribution in [1.82, 2.24) is 39.0 Å². The van der Waals surface area contributed by atoms with Crippen molar-refractivity contribution in [3.05, 3.63) is 33.4 Å². The van der Waals surface area contributed by atoms with Gasteiger partial charge in [-0.1, -0.05) is 27.7 Å². The molecule has 0 aliphatic carbocycles. The standard InChI is InChI=1S/C34H42F2N12O14P2/c1-15(2)27(50)43-33-41-25-21(29(52)45-33)39-13-47(25)31-19(35)23(17(11-49)60-31)62-64(56,58-10-6-8-38)59-12-18-24(63(54,55)57-9-5-7-37)20(36)32(61-18)48-14-40-22-26(48)42-34(46-30(22)53)44-28(51)16(3)4/h13-20,23-24,31-32,49H,5-6,9-12H2,1-4H3,(H,54,55)(H2,41,43,45,50,52)(H2,42,44,46,51,53)/t17?,18?,19-,20-,23-,24-,31?,32?,64?/m1/s1. The number of fused-ring (bicyclic) bond motifs is 2. The molecule has 6 heterocycles. The van der Waals surface area contributed by atoms with Crippen LogP contribution in [0.2, 0.25) is 0 Å². The molecule has 10 atom stereocenters. The molecule has 0 spiro atoms. The third-order valence-corrected chi connectivity index (χ3v) is 13.1. The summed E-state index contributed by atoms with van der Waals surface area (Å²) in [5.41, 5.74) is -5.13. The van der Waals surface area contributed by atoms with Crippen molar-refractivity contribution in [2.75, 3.05) is 37.1 Å². The number of phosphoric acid groups is 1. The lowest BCUT2D eigenvalue weighted by Gasteiger charge is -2.27. The number of halogens is 2. The number of nitriles is 2. The molecule has 4 aromatic rings. The molecular weight excluding hydrogens is 900 g/mol. The fourth-order valence-electron chi connectivity index (χ4n) is 6.43. The molecule has 6 rings (SSSR count). The number of nitrogens with one attached hydrogen (secondary N) is 4. The van der Waals surface area contributed by atoms with E-state index in [1.807, 2.05) is 0 Å². The Balaban J connectivity index is 1.30. The molecule has 64 heavy (non-hydrogen) atoms. The molecule has 2 aliphatic heterocycles. The van der Waals surface area contributed by atoms with Crippen LogP contribution in [-0.4, -0.2) is 124 Å². The molecule has 2 amide bonds. The maximum Gasteiger partial charge on any atom is 0.475 e. The van der Waals surface area contributed by atoms with Gasteiger partial charge in [-0.05, 0) is 0 Å². The number of rotatable bonds is 19. The first-order valence-electron chi connectivity index (χ1n) is 19.4. The lowest BCUT2D eigenvalue weighted by atomic mass is 10.1. The number of alkyl halides is 2. The number of anilines is 2. The number of aliphatic hydroxyl groups excluding tert-OH is 1. The van der Waals surface area contributed by atoms with E-state index in [0.29, 0.717) is 0 Å². The maximum atomic E-state index is 16.7. The highest BCUT2D eigenvalue weighted by atomic mass is 31.2. The Morgan fingerprint density at radius 3 is 1.81 bits per heavy atom. The van der Waals surface area contributed by atoms with Gasteiger partial charge in [0.15, 0.2) is 47.1 Å². The van der Waals surface area contributed by atoms with Gasteiger partial charge in [0, 0.05) is 11.8 Å². The molecule has 26 nitrogen and oxygen atoms in total. The van der Waals surface area contributed by atoms with Gasteiger partial charge in [-0.2, -0.15) is 20.5 Å². The zero-order valence-corrected chi connectivity index (χ0v) is 36.0. The fraction of sp³-hybridized carbons (Fsp3) is 0.588. The number of hydrogen-bond acceptors (Lipinski definition) is 19. The molecular formula is C34H42F2N12O14P2. The quantitative estimate of drug-likeness (QED) is 0.0577. The van der Waals surface area contributed by atoms with Gasteiger partial charge in [-0.3, -0.25) is 67.1 Å². The predicted octanol–water partition coefficient (Wildman–Crippen LogP) is 1.83. The minimum Gasteiger partial charge on any atom is -0.394 e. The van der Waals surface area contributed by atoms with Gasteiger partial charge in [-0.25, -0.2) is 23.3 Å². The van der Waals surface area contributed by atoms with Crippen LogP contribution in [0.5, 0.6) is 0 Å². The van der Waals surface area contributed by atoms with Crippen molar-refractivity contribution >= 4 is 61.5 Å². The van der Waals surface area contributed by atoms with Crippen LogP contribution in [0.25, 0.3) is 22.3 Å². The Bertz CT molecular complexity index is 2680. The van der Waals surface area contributed by atoms with E-state index in [9.17, 15) is 38.3 Å². The van der Waals surface area contributed by atoms with Gasteiger partial charge >= 0.3 is 15.4 Å².